The van der Waals surface area contributed by atoms with E-state index in [2.05, 4.69) is 41.4 Å². The second-order valence-corrected chi connectivity index (χ2v) is 11.0. The smallest absolute Gasteiger partial charge is 0.289 e. The van der Waals surface area contributed by atoms with Gasteiger partial charge in [0.25, 0.3) is 5.91 Å². The molecule has 4 N–H and O–H groups in total. The Bertz CT molecular complexity index is 1240. The number of fused-ring (bicyclic) bond motifs is 1. The molecule has 0 unspecified atom stereocenters. The predicted octanol–water partition coefficient (Wildman–Crippen LogP) is 5.58. The van der Waals surface area contributed by atoms with E-state index in [0.717, 1.165) is 43.1 Å². The standard InChI is InChI=1S/C28H35ClN6O/c1-28(2,3)15-16-31-27(36)26-33-21-14-13-19(29)17-20(21)25(35-26)34-23-12-8-7-11-22(23)32-24(30)18-9-5-4-6-10-18/h4-6,9-10,13-14,17,22-23H,7-8,11-12,15-16H2,1-3H3,(H2,30,32)(H,31,36)(H,33,34,35)/t22-,23+/m1/s1. The van der Waals surface area contributed by atoms with Crippen molar-refractivity contribution in [1.82, 2.24) is 15.3 Å². The molecule has 0 spiro atoms. The van der Waals surface area contributed by atoms with E-state index in [1.165, 1.54) is 0 Å². The Hall–Kier alpha value is -3.19. The van der Waals surface area contributed by atoms with Crippen LogP contribution in [0.15, 0.2) is 53.5 Å². The molecule has 2 aromatic carbocycles. The number of aliphatic imine (C=N–C) groups is 1. The minimum Gasteiger partial charge on any atom is -0.383 e. The lowest BCUT2D eigenvalue weighted by molar-refractivity contribution is 0.0939. The highest BCUT2D eigenvalue weighted by atomic mass is 35.5. The molecule has 0 saturated heterocycles. The van der Waals surface area contributed by atoms with Crippen LogP contribution in [0.5, 0.6) is 0 Å². The molecule has 2 atom stereocenters. The lowest BCUT2D eigenvalue weighted by Crippen LogP contribution is -2.37. The van der Waals surface area contributed by atoms with Gasteiger partial charge in [-0.3, -0.25) is 9.79 Å². The molecule has 4 rings (SSSR count). The van der Waals surface area contributed by atoms with Crippen molar-refractivity contribution in [2.45, 2.75) is 65.0 Å². The van der Waals surface area contributed by atoms with Gasteiger partial charge in [0.05, 0.1) is 11.6 Å². The number of rotatable bonds is 7. The number of nitrogens with two attached hydrogens (primary N) is 1. The largest absolute Gasteiger partial charge is 0.383 e. The number of amides is 1. The van der Waals surface area contributed by atoms with E-state index in [9.17, 15) is 4.79 Å². The summed E-state index contributed by atoms with van der Waals surface area (Å²) in [6, 6.07) is 15.3. The Morgan fingerprint density at radius 2 is 1.86 bits per heavy atom. The van der Waals surface area contributed by atoms with Crippen LogP contribution in [-0.4, -0.2) is 40.3 Å². The Kier molecular flexibility index (Phi) is 8.09. The third-order valence-electron chi connectivity index (χ3n) is 6.45. The topological polar surface area (TPSA) is 105 Å². The number of hydrogen-bond donors (Lipinski definition) is 3. The molecule has 190 valence electrons. The summed E-state index contributed by atoms with van der Waals surface area (Å²) in [4.78, 5) is 27.0. The fourth-order valence-corrected chi connectivity index (χ4v) is 4.59. The fraction of sp³-hybridized carbons (Fsp3) is 0.429. The third-order valence-corrected chi connectivity index (χ3v) is 6.68. The highest BCUT2D eigenvalue weighted by molar-refractivity contribution is 6.31. The summed E-state index contributed by atoms with van der Waals surface area (Å²) >= 11 is 6.31. The second kappa shape index (κ2) is 11.2. The molecular weight excluding hydrogens is 472 g/mol. The van der Waals surface area contributed by atoms with Crippen molar-refractivity contribution in [3.63, 3.8) is 0 Å². The maximum atomic E-state index is 12.9. The molecule has 1 aromatic heterocycles. The first-order valence-corrected chi connectivity index (χ1v) is 13.0. The summed E-state index contributed by atoms with van der Waals surface area (Å²) in [5.74, 6) is 0.976. The number of halogens is 1. The summed E-state index contributed by atoms with van der Waals surface area (Å²) in [7, 11) is 0. The lowest BCUT2D eigenvalue weighted by atomic mass is 9.90. The Balaban J connectivity index is 1.62. The third kappa shape index (κ3) is 6.72. The molecule has 0 bridgehead atoms. The lowest BCUT2D eigenvalue weighted by Gasteiger charge is -2.30. The molecular formula is C28H35ClN6O. The number of nitrogens with zero attached hydrogens (tertiary/aromatic N) is 3. The van der Waals surface area contributed by atoms with Crippen LogP contribution in [0.25, 0.3) is 10.9 Å². The number of benzene rings is 2. The highest BCUT2D eigenvalue weighted by Gasteiger charge is 2.27. The summed E-state index contributed by atoms with van der Waals surface area (Å²) in [5, 5.41) is 7.90. The average Bonchev–Trinajstić information content (AvgIpc) is 2.85. The molecule has 0 aliphatic heterocycles. The van der Waals surface area contributed by atoms with Crippen molar-refractivity contribution in [2.75, 3.05) is 11.9 Å². The van der Waals surface area contributed by atoms with Crippen molar-refractivity contribution in [2.24, 2.45) is 16.1 Å². The van der Waals surface area contributed by atoms with Crippen molar-refractivity contribution in [3.05, 3.63) is 64.9 Å². The number of anilines is 1. The minimum atomic E-state index is -0.286. The van der Waals surface area contributed by atoms with Crippen LogP contribution in [-0.2, 0) is 0 Å². The number of aromatic nitrogens is 2. The van der Waals surface area contributed by atoms with Crippen LogP contribution < -0.4 is 16.4 Å². The Morgan fingerprint density at radius 1 is 1.11 bits per heavy atom. The maximum Gasteiger partial charge on any atom is 0.289 e. The Labute approximate surface area is 218 Å². The van der Waals surface area contributed by atoms with Gasteiger partial charge in [-0.25, -0.2) is 9.97 Å². The van der Waals surface area contributed by atoms with E-state index >= 15 is 0 Å². The van der Waals surface area contributed by atoms with Gasteiger partial charge in [0.1, 0.15) is 11.7 Å². The molecule has 1 fully saturated rings. The quantitative estimate of drug-likeness (QED) is 0.286. The molecule has 7 nitrogen and oxygen atoms in total. The van der Waals surface area contributed by atoms with E-state index < -0.39 is 0 Å². The predicted molar refractivity (Wildman–Crippen MR) is 148 cm³/mol. The maximum absolute atomic E-state index is 12.9. The molecule has 8 heteroatoms. The number of amidine groups is 1. The van der Waals surface area contributed by atoms with Gasteiger partial charge in [-0.15, -0.1) is 0 Å². The molecule has 1 aliphatic carbocycles. The molecule has 36 heavy (non-hydrogen) atoms. The first-order chi connectivity index (χ1) is 17.2. The van der Waals surface area contributed by atoms with Gasteiger partial charge >= 0.3 is 0 Å². The zero-order chi connectivity index (χ0) is 25.7. The van der Waals surface area contributed by atoms with Crippen LogP contribution in [0, 0.1) is 5.41 Å². The number of carbonyl (C=O) groups is 1. The van der Waals surface area contributed by atoms with Gasteiger partial charge < -0.3 is 16.4 Å². The van der Waals surface area contributed by atoms with E-state index in [4.69, 9.17) is 22.3 Å². The first-order valence-electron chi connectivity index (χ1n) is 12.6. The van der Waals surface area contributed by atoms with Crippen LogP contribution >= 0.6 is 11.6 Å². The van der Waals surface area contributed by atoms with Gasteiger partial charge in [0.15, 0.2) is 0 Å². The zero-order valence-electron chi connectivity index (χ0n) is 21.2. The summed E-state index contributed by atoms with van der Waals surface area (Å²) < 4.78 is 0. The molecule has 1 heterocycles. The van der Waals surface area contributed by atoms with Crippen molar-refractivity contribution in [3.8, 4) is 0 Å². The van der Waals surface area contributed by atoms with Crippen molar-refractivity contribution in [1.29, 1.82) is 0 Å². The number of hydrogen-bond acceptors (Lipinski definition) is 5. The number of carbonyl (C=O) groups excluding carboxylic acids is 1. The SMILES string of the molecule is CC(C)(C)CCNC(=O)c1nc(N[C@H]2CCCC[C@H]2N=C(N)c2ccccc2)c2cc(Cl)ccc2n1. The molecule has 3 aromatic rings. The van der Waals surface area contributed by atoms with E-state index in [-0.39, 0.29) is 29.2 Å². The van der Waals surface area contributed by atoms with E-state index in [0.29, 0.717) is 28.7 Å². The Morgan fingerprint density at radius 3 is 2.61 bits per heavy atom. The van der Waals surface area contributed by atoms with Gasteiger partial charge in [0, 0.05) is 28.6 Å². The van der Waals surface area contributed by atoms with Crippen LogP contribution in [0.4, 0.5) is 5.82 Å². The number of nitrogens with one attached hydrogen (secondary N) is 2. The molecule has 1 aliphatic rings. The average molecular weight is 507 g/mol. The normalized spacial score (nSPS) is 18.7. The molecule has 1 amide bonds. The van der Waals surface area contributed by atoms with Crippen molar-refractivity contribution < 1.29 is 4.79 Å². The molecule has 1 saturated carbocycles. The van der Waals surface area contributed by atoms with Crippen LogP contribution in [0.1, 0.15) is 69.1 Å². The summed E-state index contributed by atoms with van der Waals surface area (Å²) in [6.45, 7) is 6.99. The molecule has 0 radical (unpaired) electrons. The summed E-state index contributed by atoms with van der Waals surface area (Å²) in [5.41, 5.74) is 8.06. The van der Waals surface area contributed by atoms with Gasteiger partial charge in [0.2, 0.25) is 5.82 Å². The minimum absolute atomic E-state index is 0.00721. The van der Waals surface area contributed by atoms with Crippen LogP contribution in [0.3, 0.4) is 0 Å². The van der Waals surface area contributed by atoms with Crippen molar-refractivity contribution >= 4 is 40.1 Å². The van der Waals surface area contributed by atoms with Crippen LogP contribution in [0.2, 0.25) is 5.02 Å². The fourth-order valence-electron chi connectivity index (χ4n) is 4.41. The van der Waals surface area contributed by atoms with Gasteiger partial charge in [-0.2, -0.15) is 0 Å². The highest BCUT2D eigenvalue weighted by Crippen LogP contribution is 2.29. The second-order valence-electron chi connectivity index (χ2n) is 10.6. The monoisotopic (exact) mass is 506 g/mol. The van der Waals surface area contributed by atoms with E-state index in [1.54, 1.807) is 6.07 Å². The summed E-state index contributed by atoms with van der Waals surface area (Å²) in [6.07, 6.45) is 4.88. The van der Waals surface area contributed by atoms with Gasteiger partial charge in [-0.1, -0.05) is 75.5 Å². The zero-order valence-corrected chi connectivity index (χ0v) is 22.0. The first kappa shape index (κ1) is 25.9. The van der Waals surface area contributed by atoms with Gasteiger partial charge in [-0.05, 0) is 42.9 Å². The van der Waals surface area contributed by atoms with E-state index in [1.807, 2.05) is 42.5 Å².